The molecule has 1 rings (SSSR count). The predicted molar refractivity (Wildman–Crippen MR) is 62.5 cm³/mol. The highest BCUT2D eigenvalue weighted by Crippen LogP contribution is 2.21. The molecular weight excluding hydrogens is 224 g/mol. The Labute approximate surface area is 102 Å². The zero-order chi connectivity index (χ0) is 12.7. The summed E-state index contributed by atoms with van der Waals surface area (Å²) < 4.78 is 10.8. The van der Waals surface area contributed by atoms with E-state index in [9.17, 15) is 10.2 Å². The van der Waals surface area contributed by atoms with Crippen LogP contribution >= 0.6 is 0 Å². The Balaban J connectivity index is 2.20. The summed E-state index contributed by atoms with van der Waals surface area (Å²) in [6, 6.07) is 0. The van der Waals surface area contributed by atoms with Crippen molar-refractivity contribution < 1.29 is 24.8 Å². The van der Waals surface area contributed by atoms with E-state index in [1.165, 1.54) is 12.8 Å². The first-order valence-electron chi connectivity index (χ1n) is 6.43. The lowest BCUT2D eigenvalue weighted by Gasteiger charge is -2.36. The third-order valence-corrected chi connectivity index (χ3v) is 3.02. The molecule has 0 radical (unpaired) electrons. The van der Waals surface area contributed by atoms with Gasteiger partial charge in [-0.1, -0.05) is 26.2 Å². The second-order valence-electron chi connectivity index (χ2n) is 4.51. The van der Waals surface area contributed by atoms with Gasteiger partial charge in [0, 0.05) is 13.0 Å². The molecule has 102 valence electrons. The Hall–Kier alpha value is -0.200. The van der Waals surface area contributed by atoms with Crippen LogP contribution in [0.4, 0.5) is 0 Å². The maximum absolute atomic E-state index is 9.57. The lowest BCUT2D eigenvalue weighted by Crippen LogP contribution is -2.50. The summed E-state index contributed by atoms with van der Waals surface area (Å²) >= 11 is 0. The van der Waals surface area contributed by atoms with Gasteiger partial charge in [0.05, 0.1) is 12.7 Å². The van der Waals surface area contributed by atoms with Crippen molar-refractivity contribution >= 4 is 0 Å². The average Bonchev–Trinajstić information content (AvgIpc) is 2.33. The van der Waals surface area contributed by atoms with E-state index in [1.54, 1.807) is 0 Å². The molecule has 4 atom stereocenters. The van der Waals surface area contributed by atoms with Crippen molar-refractivity contribution in [3.8, 4) is 0 Å². The van der Waals surface area contributed by atoms with Gasteiger partial charge in [0.1, 0.15) is 12.2 Å². The predicted octanol–water partition coefficient (Wildman–Crippen LogP) is 0.412. The van der Waals surface area contributed by atoms with Crippen LogP contribution in [-0.4, -0.2) is 53.1 Å². The van der Waals surface area contributed by atoms with Crippen molar-refractivity contribution in [2.45, 2.75) is 63.6 Å². The monoisotopic (exact) mass is 248 g/mol. The highest BCUT2D eigenvalue weighted by Gasteiger charge is 2.36. The second-order valence-corrected chi connectivity index (χ2v) is 4.51. The Morgan fingerprint density at radius 3 is 2.65 bits per heavy atom. The number of rotatable bonds is 7. The van der Waals surface area contributed by atoms with Crippen LogP contribution in [0.1, 0.15) is 39.0 Å². The van der Waals surface area contributed by atoms with Crippen LogP contribution < -0.4 is 0 Å². The van der Waals surface area contributed by atoms with Gasteiger partial charge in [-0.25, -0.2) is 0 Å². The topological polar surface area (TPSA) is 79.2 Å². The summed E-state index contributed by atoms with van der Waals surface area (Å²) in [5.74, 6) is 0. The van der Waals surface area contributed by atoms with Crippen molar-refractivity contribution in [3.05, 3.63) is 0 Å². The highest BCUT2D eigenvalue weighted by atomic mass is 16.7. The number of hydrogen-bond donors (Lipinski definition) is 3. The fourth-order valence-corrected chi connectivity index (χ4v) is 1.92. The fourth-order valence-electron chi connectivity index (χ4n) is 1.92. The van der Waals surface area contributed by atoms with Gasteiger partial charge < -0.3 is 24.8 Å². The first-order valence-corrected chi connectivity index (χ1v) is 6.43. The zero-order valence-corrected chi connectivity index (χ0v) is 10.4. The molecule has 1 aliphatic heterocycles. The lowest BCUT2D eigenvalue weighted by atomic mass is 10.0. The van der Waals surface area contributed by atoms with E-state index >= 15 is 0 Å². The minimum atomic E-state index is -1.03. The van der Waals surface area contributed by atoms with Gasteiger partial charge >= 0.3 is 0 Å². The lowest BCUT2D eigenvalue weighted by molar-refractivity contribution is -0.256. The van der Waals surface area contributed by atoms with Crippen LogP contribution in [0.2, 0.25) is 0 Å². The molecule has 0 amide bonds. The van der Waals surface area contributed by atoms with E-state index in [1.807, 2.05) is 0 Å². The Morgan fingerprint density at radius 1 is 1.24 bits per heavy atom. The van der Waals surface area contributed by atoms with E-state index in [2.05, 4.69) is 6.92 Å². The SMILES string of the molecule is CCCCCCO[C@@H]1C[C@@H](O)[C@H](O)[C@@H](CO)O1. The summed E-state index contributed by atoms with van der Waals surface area (Å²) in [5, 5.41) is 28.1. The molecule has 5 nitrogen and oxygen atoms in total. The molecule has 0 unspecified atom stereocenters. The molecule has 1 aliphatic rings. The maximum atomic E-state index is 9.57. The van der Waals surface area contributed by atoms with Crippen LogP contribution in [-0.2, 0) is 9.47 Å². The van der Waals surface area contributed by atoms with E-state index in [4.69, 9.17) is 14.6 Å². The number of hydrogen-bond acceptors (Lipinski definition) is 5. The first-order chi connectivity index (χ1) is 8.19. The summed E-state index contributed by atoms with van der Waals surface area (Å²) in [6.07, 6.45) is 1.53. The molecule has 1 heterocycles. The van der Waals surface area contributed by atoms with Crippen molar-refractivity contribution in [2.75, 3.05) is 13.2 Å². The molecular formula is C12H24O5. The zero-order valence-electron chi connectivity index (χ0n) is 10.4. The molecule has 1 saturated heterocycles. The van der Waals surface area contributed by atoms with Crippen LogP contribution in [0.5, 0.6) is 0 Å². The number of unbranched alkanes of at least 4 members (excludes halogenated alkanes) is 3. The van der Waals surface area contributed by atoms with Gasteiger partial charge in [0.25, 0.3) is 0 Å². The number of aliphatic hydroxyl groups excluding tert-OH is 3. The van der Waals surface area contributed by atoms with Crippen LogP contribution in [0.15, 0.2) is 0 Å². The van der Waals surface area contributed by atoms with Gasteiger partial charge in [-0.05, 0) is 6.42 Å². The highest BCUT2D eigenvalue weighted by molar-refractivity contribution is 4.82. The Bertz CT molecular complexity index is 199. The number of aliphatic hydroxyl groups is 3. The molecule has 0 aromatic carbocycles. The first kappa shape index (κ1) is 14.9. The largest absolute Gasteiger partial charge is 0.394 e. The molecule has 0 saturated carbocycles. The van der Waals surface area contributed by atoms with Crippen molar-refractivity contribution in [3.63, 3.8) is 0 Å². The molecule has 5 heteroatoms. The quantitative estimate of drug-likeness (QED) is 0.569. The molecule has 0 spiro atoms. The van der Waals surface area contributed by atoms with Crippen LogP contribution in [0.3, 0.4) is 0 Å². The van der Waals surface area contributed by atoms with Crippen molar-refractivity contribution in [1.82, 2.24) is 0 Å². The third kappa shape index (κ3) is 4.89. The summed E-state index contributed by atoms with van der Waals surface area (Å²) in [4.78, 5) is 0. The van der Waals surface area contributed by atoms with Gasteiger partial charge in [-0.15, -0.1) is 0 Å². The smallest absolute Gasteiger partial charge is 0.160 e. The molecule has 0 aliphatic carbocycles. The normalized spacial score (nSPS) is 33.9. The molecule has 1 fully saturated rings. The molecule has 0 bridgehead atoms. The van der Waals surface area contributed by atoms with Gasteiger partial charge in [-0.2, -0.15) is 0 Å². The Morgan fingerprint density at radius 2 is 2.00 bits per heavy atom. The minimum Gasteiger partial charge on any atom is -0.394 e. The van der Waals surface area contributed by atoms with Crippen LogP contribution in [0, 0.1) is 0 Å². The molecule has 17 heavy (non-hydrogen) atoms. The summed E-state index contributed by atoms with van der Waals surface area (Å²) in [7, 11) is 0. The molecule has 3 N–H and O–H groups in total. The summed E-state index contributed by atoms with van der Waals surface area (Å²) in [5.41, 5.74) is 0. The van der Waals surface area contributed by atoms with E-state index in [0.717, 1.165) is 12.8 Å². The van der Waals surface area contributed by atoms with Gasteiger partial charge in [0.2, 0.25) is 0 Å². The van der Waals surface area contributed by atoms with E-state index in [0.29, 0.717) is 6.61 Å². The van der Waals surface area contributed by atoms with Crippen LogP contribution in [0.25, 0.3) is 0 Å². The molecule has 0 aromatic rings. The van der Waals surface area contributed by atoms with E-state index < -0.39 is 24.6 Å². The third-order valence-electron chi connectivity index (χ3n) is 3.02. The van der Waals surface area contributed by atoms with E-state index in [-0.39, 0.29) is 13.0 Å². The standard InChI is InChI=1S/C12H24O5/c1-2-3-4-5-6-16-11-7-9(14)12(15)10(8-13)17-11/h9-15H,2-8H2,1H3/t9-,10-,11+,12+/m1/s1. The van der Waals surface area contributed by atoms with Crippen molar-refractivity contribution in [2.24, 2.45) is 0 Å². The minimum absolute atomic E-state index is 0.255. The van der Waals surface area contributed by atoms with Gasteiger partial charge in [0.15, 0.2) is 6.29 Å². The summed E-state index contributed by atoms with van der Waals surface area (Å²) in [6.45, 7) is 2.42. The molecule has 0 aromatic heterocycles. The maximum Gasteiger partial charge on any atom is 0.160 e. The Kier molecular flexibility index (Phi) is 6.99. The second kappa shape index (κ2) is 8.00. The van der Waals surface area contributed by atoms with Gasteiger partial charge in [-0.3, -0.25) is 0 Å². The number of ether oxygens (including phenoxy) is 2. The van der Waals surface area contributed by atoms with Crippen molar-refractivity contribution in [1.29, 1.82) is 0 Å². The average molecular weight is 248 g/mol. The fraction of sp³-hybridized carbons (Fsp3) is 1.00.